The van der Waals surface area contributed by atoms with Gasteiger partial charge in [0.25, 0.3) is 0 Å². The van der Waals surface area contributed by atoms with Crippen LogP contribution in [0.4, 0.5) is 36.6 Å². The van der Waals surface area contributed by atoms with Crippen LogP contribution in [-0.2, 0) is 0 Å². The van der Waals surface area contributed by atoms with Gasteiger partial charge >= 0.3 is 38.9 Å². The van der Waals surface area contributed by atoms with Gasteiger partial charge in [0.2, 0.25) is 0 Å². The van der Waals surface area contributed by atoms with Crippen molar-refractivity contribution in [3.05, 3.63) is 24.3 Å². The van der Waals surface area contributed by atoms with E-state index >= 15 is 0 Å². The molecule has 0 unspecified atom stereocenters. The van der Waals surface area contributed by atoms with Gasteiger partial charge in [-0.05, 0) is 17.2 Å². The molecule has 0 radical (unpaired) electrons. The minimum atomic E-state index is -10.7. The van der Waals surface area contributed by atoms with E-state index in [9.17, 15) is 25.2 Å². The summed E-state index contributed by atoms with van der Waals surface area (Å²) in [7, 11) is -2.69. The number of nitrogens with zero attached hydrogens (tertiary/aromatic N) is 5. The van der Waals surface area contributed by atoms with Crippen molar-refractivity contribution >= 4 is 25.1 Å². The van der Waals surface area contributed by atoms with Crippen molar-refractivity contribution in [2.45, 2.75) is 0 Å². The monoisotopic (exact) mass is 363 g/mol. The molecule has 0 amide bonds. The molecule has 132 valence electrons. The van der Waals surface area contributed by atoms with Gasteiger partial charge in [0.05, 0.1) is 0 Å². The third kappa shape index (κ3) is 7.27. The van der Waals surface area contributed by atoms with Gasteiger partial charge < -0.3 is 0 Å². The first-order valence-corrected chi connectivity index (χ1v) is 8.18. The first kappa shape index (κ1) is 19.1. The van der Waals surface area contributed by atoms with Crippen LogP contribution in [0.1, 0.15) is 0 Å². The summed E-state index contributed by atoms with van der Waals surface area (Å²) in [5.41, 5.74) is 1.92. The van der Waals surface area contributed by atoms with Crippen LogP contribution in [0, 0.1) is 0 Å². The topological polar surface area (TPSA) is 34.2 Å². The molecule has 0 saturated carbocycles. The van der Waals surface area contributed by atoms with E-state index in [2.05, 4.69) is 10.3 Å². The van der Waals surface area contributed by atoms with Gasteiger partial charge in [0, 0.05) is 33.4 Å². The predicted molar refractivity (Wildman–Crippen MR) is 76.8 cm³/mol. The van der Waals surface area contributed by atoms with Crippen molar-refractivity contribution in [1.82, 2.24) is 9.80 Å². The van der Waals surface area contributed by atoms with Crippen molar-refractivity contribution in [1.29, 1.82) is 0 Å². The second-order valence-corrected chi connectivity index (χ2v) is 6.95. The first-order valence-electron chi connectivity index (χ1n) is 6.15. The maximum atomic E-state index is 9.87. The van der Waals surface area contributed by atoms with Gasteiger partial charge in [-0.15, -0.1) is 0 Å². The van der Waals surface area contributed by atoms with Crippen molar-refractivity contribution in [3.63, 3.8) is 0 Å². The van der Waals surface area contributed by atoms with E-state index in [0.717, 1.165) is 17.3 Å². The van der Waals surface area contributed by atoms with Gasteiger partial charge in [-0.3, -0.25) is 9.80 Å². The van der Waals surface area contributed by atoms with E-state index in [4.69, 9.17) is 0 Å². The molecule has 5 nitrogen and oxygen atoms in total. The number of hydrogen-bond acceptors (Lipinski definition) is 2. The molecular formula is C11H16F6N5P. The molecule has 23 heavy (non-hydrogen) atoms. The Balaban J connectivity index is 0.000000322. The van der Waals surface area contributed by atoms with Crippen LogP contribution in [0.5, 0.6) is 0 Å². The van der Waals surface area contributed by atoms with E-state index in [1.165, 1.54) is 0 Å². The molecule has 1 aromatic carbocycles. The Morgan fingerprint density at radius 1 is 0.913 bits per heavy atom. The zero-order chi connectivity index (χ0) is 18.1. The summed E-state index contributed by atoms with van der Waals surface area (Å²) >= 11 is 0. The number of rotatable bonds is 0. The number of halogens is 6. The van der Waals surface area contributed by atoms with Gasteiger partial charge in [0.1, 0.15) is 0 Å². The van der Waals surface area contributed by atoms with Crippen molar-refractivity contribution in [2.24, 2.45) is 10.3 Å². The van der Waals surface area contributed by atoms with Crippen LogP contribution >= 0.6 is 7.81 Å². The summed E-state index contributed by atoms with van der Waals surface area (Å²) in [6.07, 6.45) is 0. The maximum absolute atomic E-state index is 10.7. The van der Waals surface area contributed by atoms with E-state index in [1.807, 2.05) is 66.9 Å². The molecule has 0 saturated heterocycles. The standard InChI is InChI=1S/C11H16N5.F6P/c1-14(2)11(15(3)4)16-10-8-6-5-7-9(10)12-13-16;1-7(2,3,4,5)6/h5-8H,1-4H3;/q+1;-1. The molecule has 1 heterocycles. The Morgan fingerprint density at radius 3 is 1.78 bits per heavy atom. The van der Waals surface area contributed by atoms with Gasteiger partial charge in [-0.25, -0.2) is 0 Å². The number of hydrogen-bond donors (Lipinski definition) is 0. The van der Waals surface area contributed by atoms with E-state index < -0.39 is 7.81 Å². The minimum absolute atomic E-state index is 0.906. The molecule has 2 rings (SSSR count). The Bertz CT molecular complexity index is 629. The summed E-state index contributed by atoms with van der Waals surface area (Å²) in [5.74, 6) is 0.980. The Hall–Kier alpha value is -1.90. The second-order valence-electron chi connectivity index (χ2n) is 5.04. The van der Waals surface area contributed by atoms with Crippen molar-refractivity contribution in [2.75, 3.05) is 28.2 Å². The Morgan fingerprint density at radius 2 is 1.35 bits per heavy atom. The average Bonchev–Trinajstić information content (AvgIpc) is 2.68. The number of guanidine groups is 1. The van der Waals surface area contributed by atoms with E-state index in [-0.39, 0.29) is 0 Å². The molecular weight excluding hydrogens is 347 g/mol. The summed E-state index contributed by atoms with van der Waals surface area (Å²) in [5, 5.41) is 8.33. The quantitative estimate of drug-likeness (QED) is 0.275. The molecule has 0 N–H and O–H groups in total. The first-order chi connectivity index (χ1) is 10.1. The molecule has 0 spiro atoms. The molecule has 0 fully saturated rings. The Labute approximate surface area is 128 Å². The Kier molecular flexibility index (Phi) is 4.44. The molecule has 1 aliphatic rings. The summed E-state index contributed by atoms with van der Waals surface area (Å²) in [6, 6.07) is 7.93. The summed E-state index contributed by atoms with van der Waals surface area (Å²) in [6.45, 7) is 0. The van der Waals surface area contributed by atoms with E-state index in [0.29, 0.717) is 0 Å². The van der Waals surface area contributed by atoms with Crippen LogP contribution < -0.4 is 0 Å². The fourth-order valence-corrected chi connectivity index (χ4v) is 1.80. The zero-order valence-electron chi connectivity index (χ0n) is 12.8. The third-order valence-electron chi connectivity index (χ3n) is 2.34. The average molecular weight is 363 g/mol. The molecule has 1 aromatic rings. The van der Waals surface area contributed by atoms with Gasteiger partial charge in [-0.1, -0.05) is 16.8 Å². The normalized spacial score (nSPS) is 15.8. The molecule has 0 aromatic heterocycles. The SMILES string of the molecule is CN(C)C(N(C)C)=[N+]1N=Nc2ccccc21.F[P-](F)(F)(F)(F)F. The summed E-state index contributed by atoms with van der Waals surface area (Å²) in [4.78, 5) is 4.03. The summed E-state index contributed by atoms with van der Waals surface area (Å²) < 4.78 is 61.0. The van der Waals surface area contributed by atoms with Crippen LogP contribution in [0.2, 0.25) is 0 Å². The fourth-order valence-electron chi connectivity index (χ4n) is 1.80. The van der Waals surface area contributed by atoms with Crippen LogP contribution in [0.3, 0.4) is 0 Å². The van der Waals surface area contributed by atoms with E-state index in [1.54, 1.807) is 0 Å². The number of fused-ring (bicyclic) bond motifs is 1. The zero-order valence-corrected chi connectivity index (χ0v) is 13.7. The predicted octanol–water partition coefficient (Wildman–Crippen LogP) is 5.20. The van der Waals surface area contributed by atoms with Crippen molar-refractivity contribution in [3.8, 4) is 0 Å². The molecule has 1 aliphatic heterocycles. The van der Waals surface area contributed by atoms with Crippen LogP contribution in [-0.4, -0.2) is 48.6 Å². The molecule has 0 atom stereocenters. The van der Waals surface area contributed by atoms with Crippen molar-refractivity contribution < 1.29 is 29.9 Å². The number of para-hydroxylation sites is 1. The van der Waals surface area contributed by atoms with Crippen LogP contribution in [0.15, 0.2) is 34.6 Å². The fraction of sp³-hybridized carbons (Fsp3) is 0.364. The van der Waals surface area contributed by atoms with Gasteiger partial charge in [-0.2, -0.15) is 0 Å². The number of benzene rings is 1. The second kappa shape index (κ2) is 5.33. The molecule has 0 aliphatic carbocycles. The van der Waals surface area contributed by atoms with Crippen LogP contribution in [0.25, 0.3) is 0 Å². The third-order valence-corrected chi connectivity index (χ3v) is 2.34. The van der Waals surface area contributed by atoms with Gasteiger partial charge in [0.15, 0.2) is 11.4 Å². The molecule has 0 bridgehead atoms. The molecule has 12 heteroatoms.